The van der Waals surface area contributed by atoms with E-state index in [2.05, 4.69) is 233 Å². The monoisotopic (exact) mass is 843 g/mol. The summed E-state index contributed by atoms with van der Waals surface area (Å²) in [6, 6.07) is 73.9. The van der Waals surface area contributed by atoms with Crippen LogP contribution in [-0.2, 0) is 5.41 Å². The zero-order valence-corrected chi connectivity index (χ0v) is 36.2. The van der Waals surface area contributed by atoms with E-state index in [9.17, 15) is 0 Å². The summed E-state index contributed by atoms with van der Waals surface area (Å²) in [4.78, 5) is 0. The summed E-state index contributed by atoms with van der Waals surface area (Å²) in [5, 5.41) is 8.82. The molecule has 66 heavy (non-hydrogen) atoms. The van der Waals surface area contributed by atoms with Crippen LogP contribution < -0.4 is 15.3 Å². The van der Waals surface area contributed by atoms with Crippen molar-refractivity contribution in [2.45, 2.75) is 18.8 Å². The standard InChI is InChI=1S/C62H41N3O/c1-38-26-32-46-47-18-13-21-51-61(47)65(56(46)34-38)55-24-11-7-19-49(55)62(51)50-20-8-12-25-59(50)66-60-37-58-48(36-52(60)62)44-17-6-10-23-54(44)64(58)42-31-33-45-43-16-5-9-22-53(43)63(57(45)35-42)41-29-27-40(28-30-41)39-14-3-2-4-15-39/h2-25,27-38H,26H2,1H3. The SMILES string of the molecule is CC1C=c2c(c3cccc4c3n2-c2ccccc2C42c3ccccc3Oc3cc4c(cc32)c2ccccc2n4-c2ccc3c4ccccc4n(-c4ccc(-c5ccccc5)cc4)c3c2)=CC1. The van der Waals surface area contributed by atoms with E-state index < -0.39 is 5.41 Å². The number of hydrogen-bond donors (Lipinski definition) is 0. The van der Waals surface area contributed by atoms with Gasteiger partial charge in [0.05, 0.1) is 44.0 Å². The molecule has 2 atom stereocenters. The highest BCUT2D eigenvalue weighted by molar-refractivity contribution is 6.13. The van der Waals surface area contributed by atoms with Crippen molar-refractivity contribution in [2.75, 3.05) is 0 Å². The third kappa shape index (κ3) is 4.62. The van der Waals surface area contributed by atoms with E-state index in [0.717, 1.165) is 51.4 Å². The minimum Gasteiger partial charge on any atom is -0.457 e. The molecule has 0 fully saturated rings. The molecule has 4 heteroatoms. The summed E-state index contributed by atoms with van der Waals surface area (Å²) in [5.74, 6) is 2.23. The minimum atomic E-state index is -0.643. The first-order chi connectivity index (χ1) is 32.6. The molecule has 0 N–H and O–H groups in total. The van der Waals surface area contributed by atoms with Gasteiger partial charge in [-0.05, 0) is 89.2 Å². The van der Waals surface area contributed by atoms with Gasteiger partial charge in [-0.3, -0.25) is 0 Å². The molecule has 3 aliphatic rings. The lowest BCUT2D eigenvalue weighted by Crippen LogP contribution is -2.40. The van der Waals surface area contributed by atoms with Crippen molar-refractivity contribution >= 4 is 66.7 Å². The molecular weight excluding hydrogens is 803 g/mol. The number of ether oxygens (including phenoxy) is 1. The molecule has 12 aromatic rings. The normalized spacial score (nSPS) is 16.8. The van der Waals surface area contributed by atoms with Crippen LogP contribution in [0.2, 0.25) is 0 Å². The molecule has 1 spiro atoms. The van der Waals surface area contributed by atoms with Gasteiger partial charge >= 0.3 is 0 Å². The molecule has 1 aliphatic carbocycles. The Morgan fingerprint density at radius 3 is 1.89 bits per heavy atom. The van der Waals surface area contributed by atoms with Gasteiger partial charge in [-0.1, -0.05) is 159 Å². The zero-order chi connectivity index (χ0) is 43.3. The van der Waals surface area contributed by atoms with E-state index in [1.807, 2.05) is 0 Å². The fourth-order valence-electron chi connectivity index (χ4n) is 12.3. The van der Waals surface area contributed by atoms with Crippen molar-refractivity contribution in [2.24, 2.45) is 5.92 Å². The number of fused-ring (bicyclic) bond motifs is 17. The molecule has 5 heterocycles. The molecule has 310 valence electrons. The highest BCUT2D eigenvalue weighted by atomic mass is 16.5. The Bertz CT molecular complexity index is 4190. The first-order valence-electron chi connectivity index (χ1n) is 23.2. The van der Waals surface area contributed by atoms with E-state index in [1.54, 1.807) is 0 Å². The summed E-state index contributed by atoms with van der Waals surface area (Å²) in [7, 11) is 0. The van der Waals surface area contributed by atoms with Gasteiger partial charge in [0.25, 0.3) is 0 Å². The van der Waals surface area contributed by atoms with Crippen LogP contribution in [-0.4, -0.2) is 13.7 Å². The van der Waals surface area contributed by atoms with Crippen molar-refractivity contribution < 1.29 is 4.74 Å². The van der Waals surface area contributed by atoms with Crippen molar-refractivity contribution in [3.05, 3.63) is 233 Å². The molecule has 2 unspecified atom stereocenters. The molecule has 15 rings (SSSR count). The molecular formula is C62H41N3O. The van der Waals surface area contributed by atoms with Crippen LogP contribution in [0, 0.1) is 5.92 Å². The largest absolute Gasteiger partial charge is 0.457 e. The lowest BCUT2D eigenvalue weighted by Gasteiger charge is -2.45. The van der Waals surface area contributed by atoms with Crippen LogP contribution in [0.15, 0.2) is 200 Å². The first kappa shape index (κ1) is 36.0. The molecule has 0 radical (unpaired) electrons. The van der Waals surface area contributed by atoms with Gasteiger partial charge in [0, 0.05) is 60.7 Å². The van der Waals surface area contributed by atoms with Crippen LogP contribution in [0.25, 0.3) is 94.9 Å². The third-order valence-corrected chi connectivity index (χ3v) is 15.0. The topological polar surface area (TPSA) is 24.0 Å². The van der Waals surface area contributed by atoms with Gasteiger partial charge in [-0.15, -0.1) is 0 Å². The predicted octanol–water partition coefficient (Wildman–Crippen LogP) is 13.9. The Labute approximate surface area is 380 Å². The Morgan fingerprint density at radius 1 is 0.439 bits per heavy atom. The summed E-state index contributed by atoms with van der Waals surface area (Å²) in [6.45, 7) is 2.33. The van der Waals surface area contributed by atoms with Gasteiger partial charge in [-0.2, -0.15) is 0 Å². The molecule has 0 amide bonds. The highest BCUT2D eigenvalue weighted by Gasteiger charge is 2.50. The lowest BCUT2D eigenvalue weighted by molar-refractivity contribution is 0.434. The number of para-hydroxylation sites is 5. The maximum absolute atomic E-state index is 7.19. The Morgan fingerprint density at radius 2 is 1.06 bits per heavy atom. The predicted molar refractivity (Wildman–Crippen MR) is 271 cm³/mol. The van der Waals surface area contributed by atoms with E-state index in [4.69, 9.17) is 4.74 Å². The Kier molecular flexibility index (Phi) is 7.17. The van der Waals surface area contributed by atoms with Gasteiger partial charge in [0.2, 0.25) is 0 Å². The number of rotatable bonds is 3. The average molecular weight is 844 g/mol. The fourth-order valence-corrected chi connectivity index (χ4v) is 12.3. The maximum atomic E-state index is 7.19. The van der Waals surface area contributed by atoms with E-state index >= 15 is 0 Å². The quantitative estimate of drug-likeness (QED) is 0.174. The second-order valence-corrected chi connectivity index (χ2v) is 18.5. The van der Waals surface area contributed by atoms with Crippen molar-refractivity contribution in [1.82, 2.24) is 13.7 Å². The fraction of sp³-hybridized carbons (Fsp3) is 0.0645. The van der Waals surface area contributed by atoms with Crippen LogP contribution in [0.1, 0.15) is 35.6 Å². The van der Waals surface area contributed by atoms with E-state index in [1.165, 1.54) is 82.0 Å². The number of aromatic nitrogens is 3. The van der Waals surface area contributed by atoms with Crippen molar-refractivity contribution in [1.29, 1.82) is 0 Å². The van der Waals surface area contributed by atoms with E-state index in [0.29, 0.717) is 5.92 Å². The summed E-state index contributed by atoms with van der Waals surface area (Å²) >= 11 is 0. The third-order valence-electron chi connectivity index (χ3n) is 15.0. The van der Waals surface area contributed by atoms with Crippen LogP contribution in [0.5, 0.6) is 11.5 Å². The second-order valence-electron chi connectivity index (χ2n) is 18.5. The Balaban J connectivity index is 1.01. The molecule has 9 aromatic carbocycles. The molecule has 0 saturated carbocycles. The van der Waals surface area contributed by atoms with Crippen molar-refractivity contribution in [3.63, 3.8) is 0 Å². The van der Waals surface area contributed by atoms with Crippen LogP contribution >= 0.6 is 0 Å². The average Bonchev–Trinajstić information content (AvgIpc) is 4.00. The zero-order valence-electron chi connectivity index (χ0n) is 36.2. The van der Waals surface area contributed by atoms with Gasteiger partial charge in [0.15, 0.2) is 0 Å². The number of benzene rings is 9. The highest BCUT2D eigenvalue weighted by Crippen LogP contribution is 2.60. The van der Waals surface area contributed by atoms with Crippen LogP contribution in [0.3, 0.4) is 0 Å². The summed E-state index contributed by atoms with van der Waals surface area (Å²) < 4.78 is 14.6. The first-order valence-corrected chi connectivity index (χ1v) is 23.2. The maximum Gasteiger partial charge on any atom is 0.134 e. The van der Waals surface area contributed by atoms with E-state index in [-0.39, 0.29) is 0 Å². The number of hydrogen-bond acceptors (Lipinski definition) is 1. The van der Waals surface area contributed by atoms with Gasteiger partial charge < -0.3 is 18.4 Å². The molecule has 0 saturated heterocycles. The second kappa shape index (κ2) is 13.1. The van der Waals surface area contributed by atoms with Gasteiger partial charge in [0.1, 0.15) is 11.5 Å². The lowest BCUT2D eigenvalue weighted by atomic mass is 9.61. The molecule has 4 nitrogen and oxygen atoms in total. The number of nitrogens with zero attached hydrogens (tertiary/aromatic N) is 3. The van der Waals surface area contributed by atoms with Gasteiger partial charge in [-0.25, -0.2) is 0 Å². The summed E-state index contributed by atoms with van der Waals surface area (Å²) in [6.07, 6.45) is 5.99. The molecule has 3 aromatic heterocycles. The minimum absolute atomic E-state index is 0.468. The molecule has 2 aliphatic heterocycles. The smallest absolute Gasteiger partial charge is 0.134 e. The summed E-state index contributed by atoms with van der Waals surface area (Å²) in [5.41, 5.74) is 16.0. The Hall–Kier alpha value is -8.34. The molecule has 0 bridgehead atoms. The van der Waals surface area contributed by atoms with Crippen LogP contribution in [0.4, 0.5) is 0 Å². The van der Waals surface area contributed by atoms with Crippen molar-refractivity contribution in [3.8, 4) is 39.7 Å².